The summed E-state index contributed by atoms with van der Waals surface area (Å²) in [5, 5.41) is 3.65. The quantitative estimate of drug-likeness (QED) is 0.913. The maximum absolute atomic E-state index is 13.5. The molecule has 118 valence electrons. The van der Waals surface area contributed by atoms with Crippen LogP contribution in [0.4, 0.5) is 4.39 Å². The number of aryl methyl sites for hydroxylation is 1. The van der Waals surface area contributed by atoms with Crippen LogP contribution >= 0.6 is 0 Å². The third kappa shape index (κ3) is 4.04. The van der Waals surface area contributed by atoms with E-state index in [1.54, 1.807) is 12.1 Å². The number of rotatable bonds is 3. The minimum absolute atomic E-state index is 0.134. The lowest BCUT2D eigenvalue weighted by atomic mass is 9.83. The maximum atomic E-state index is 13.5. The van der Waals surface area contributed by atoms with Crippen LogP contribution in [0.15, 0.2) is 18.2 Å². The van der Waals surface area contributed by atoms with E-state index in [0.717, 1.165) is 31.6 Å². The third-order valence-corrected chi connectivity index (χ3v) is 4.67. The van der Waals surface area contributed by atoms with Crippen molar-refractivity contribution in [3.8, 4) is 0 Å². The third-order valence-electron chi connectivity index (χ3n) is 4.67. The normalized spacial score (nSPS) is 24.3. The molecule has 2 nitrogen and oxygen atoms in total. The van der Waals surface area contributed by atoms with Gasteiger partial charge in [0.2, 0.25) is 0 Å². The molecular weight excluding hydrogens is 263 g/mol. The summed E-state index contributed by atoms with van der Waals surface area (Å²) in [6.45, 7) is 14.0. The highest BCUT2D eigenvalue weighted by molar-refractivity contribution is 5.26. The van der Waals surface area contributed by atoms with Gasteiger partial charge < -0.3 is 5.32 Å². The minimum atomic E-state index is -0.134. The second-order valence-corrected chi connectivity index (χ2v) is 7.40. The Bertz CT molecular complexity index is 479. The van der Waals surface area contributed by atoms with Crippen LogP contribution in [0.3, 0.4) is 0 Å². The van der Waals surface area contributed by atoms with Crippen LogP contribution in [0.1, 0.15) is 45.2 Å². The van der Waals surface area contributed by atoms with Crippen molar-refractivity contribution in [1.82, 2.24) is 10.2 Å². The van der Waals surface area contributed by atoms with Crippen LogP contribution in [0, 0.1) is 18.2 Å². The molecule has 1 aromatic rings. The van der Waals surface area contributed by atoms with Crippen LogP contribution in [0.2, 0.25) is 0 Å². The SMILES string of the molecule is CCC1CN(Cc2cc(F)ccc2C)C(C(C)(C)C)CN1. The van der Waals surface area contributed by atoms with Gasteiger partial charge in [-0.05, 0) is 42.0 Å². The highest BCUT2D eigenvalue weighted by Crippen LogP contribution is 2.28. The average Bonchev–Trinajstić information content (AvgIpc) is 2.41. The Morgan fingerprint density at radius 3 is 2.67 bits per heavy atom. The van der Waals surface area contributed by atoms with Crippen molar-refractivity contribution in [2.75, 3.05) is 13.1 Å². The first kappa shape index (κ1) is 16.4. The van der Waals surface area contributed by atoms with Crippen molar-refractivity contribution in [1.29, 1.82) is 0 Å². The first-order chi connectivity index (χ1) is 9.81. The Hall–Kier alpha value is -0.930. The zero-order chi connectivity index (χ0) is 15.6. The fourth-order valence-corrected chi connectivity index (χ4v) is 3.21. The summed E-state index contributed by atoms with van der Waals surface area (Å²) in [7, 11) is 0. The van der Waals surface area contributed by atoms with E-state index in [9.17, 15) is 4.39 Å². The molecule has 3 heteroatoms. The molecule has 0 spiro atoms. The lowest BCUT2D eigenvalue weighted by molar-refractivity contribution is 0.0483. The molecule has 0 bridgehead atoms. The van der Waals surface area contributed by atoms with Gasteiger partial charge in [-0.2, -0.15) is 0 Å². The highest BCUT2D eigenvalue weighted by Gasteiger charge is 2.35. The minimum Gasteiger partial charge on any atom is -0.311 e. The molecule has 1 heterocycles. The van der Waals surface area contributed by atoms with Crippen molar-refractivity contribution >= 4 is 0 Å². The fraction of sp³-hybridized carbons (Fsp3) is 0.667. The Balaban J connectivity index is 2.21. The Morgan fingerprint density at radius 2 is 2.05 bits per heavy atom. The van der Waals surface area contributed by atoms with Gasteiger partial charge in [0.1, 0.15) is 5.82 Å². The molecule has 0 saturated carbocycles. The second kappa shape index (κ2) is 6.45. The molecule has 21 heavy (non-hydrogen) atoms. The molecule has 1 N–H and O–H groups in total. The van der Waals surface area contributed by atoms with Crippen molar-refractivity contribution in [2.24, 2.45) is 5.41 Å². The average molecular weight is 292 g/mol. The van der Waals surface area contributed by atoms with E-state index in [-0.39, 0.29) is 11.2 Å². The van der Waals surface area contributed by atoms with Crippen LogP contribution in [-0.2, 0) is 6.54 Å². The van der Waals surface area contributed by atoms with Gasteiger partial charge >= 0.3 is 0 Å². The molecule has 1 aromatic carbocycles. The molecule has 0 amide bonds. The lowest BCUT2D eigenvalue weighted by Gasteiger charge is -2.46. The van der Waals surface area contributed by atoms with Gasteiger partial charge in [-0.25, -0.2) is 4.39 Å². The molecule has 2 atom stereocenters. The molecule has 1 fully saturated rings. The predicted octanol–water partition coefficient (Wildman–Crippen LogP) is 3.73. The number of piperazine rings is 1. The molecule has 0 aromatic heterocycles. The van der Waals surface area contributed by atoms with Crippen molar-refractivity contribution < 1.29 is 4.39 Å². The Kier molecular flexibility index (Phi) is 5.05. The molecule has 0 radical (unpaired) electrons. The van der Waals surface area contributed by atoms with Crippen LogP contribution < -0.4 is 5.32 Å². The summed E-state index contributed by atoms with van der Waals surface area (Å²) in [4.78, 5) is 2.53. The summed E-state index contributed by atoms with van der Waals surface area (Å²) in [5.41, 5.74) is 2.50. The standard InChI is InChI=1S/C18H29FN2/c1-6-16-12-21(17(10-20-16)18(3,4)5)11-14-9-15(19)8-7-13(14)2/h7-9,16-17,20H,6,10-12H2,1-5H3. The van der Waals surface area contributed by atoms with E-state index in [2.05, 4.69) is 44.8 Å². The van der Waals surface area contributed by atoms with Gasteiger partial charge in [0.15, 0.2) is 0 Å². The van der Waals surface area contributed by atoms with Gasteiger partial charge in [-0.1, -0.05) is 33.8 Å². The number of halogens is 1. The molecule has 2 unspecified atom stereocenters. The van der Waals surface area contributed by atoms with E-state index >= 15 is 0 Å². The zero-order valence-electron chi connectivity index (χ0n) is 14.0. The summed E-state index contributed by atoms with van der Waals surface area (Å²) >= 11 is 0. The van der Waals surface area contributed by atoms with E-state index in [4.69, 9.17) is 0 Å². The van der Waals surface area contributed by atoms with E-state index in [1.165, 1.54) is 5.56 Å². The Morgan fingerprint density at radius 1 is 1.33 bits per heavy atom. The van der Waals surface area contributed by atoms with E-state index in [1.807, 2.05) is 6.07 Å². The Labute approximate surface area is 128 Å². The van der Waals surface area contributed by atoms with Gasteiger partial charge in [-0.3, -0.25) is 4.90 Å². The van der Waals surface area contributed by atoms with Crippen LogP contribution in [-0.4, -0.2) is 30.1 Å². The van der Waals surface area contributed by atoms with Crippen molar-refractivity contribution in [2.45, 2.75) is 59.7 Å². The summed E-state index contributed by atoms with van der Waals surface area (Å²) in [5.74, 6) is -0.134. The molecular formula is C18H29FN2. The first-order valence-electron chi connectivity index (χ1n) is 8.03. The molecule has 1 aliphatic rings. The smallest absolute Gasteiger partial charge is 0.123 e. The maximum Gasteiger partial charge on any atom is 0.123 e. The van der Waals surface area contributed by atoms with Gasteiger partial charge in [0.05, 0.1) is 0 Å². The number of hydrogen-bond donors (Lipinski definition) is 1. The molecule has 1 aliphatic heterocycles. The van der Waals surface area contributed by atoms with E-state index < -0.39 is 0 Å². The summed E-state index contributed by atoms with van der Waals surface area (Å²) < 4.78 is 13.5. The molecule has 0 aliphatic carbocycles. The fourth-order valence-electron chi connectivity index (χ4n) is 3.21. The van der Waals surface area contributed by atoms with Gasteiger partial charge in [0, 0.05) is 31.7 Å². The number of benzene rings is 1. The number of nitrogens with zero attached hydrogens (tertiary/aromatic N) is 1. The largest absolute Gasteiger partial charge is 0.311 e. The van der Waals surface area contributed by atoms with Gasteiger partial charge in [-0.15, -0.1) is 0 Å². The van der Waals surface area contributed by atoms with Crippen LogP contribution in [0.5, 0.6) is 0 Å². The van der Waals surface area contributed by atoms with Crippen LogP contribution in [0.25, 0.3) is 0 Å². The predicted molar refractivity (Wildman–Crippen MR) is 86.9 cm³/mol. The molecule has 2 rings (SSSR count). The zero-order valence-corrected chi connectivity index (χ0v) is 14.0. The lowest BCUT2D eigenvalue weighted by Crippen LogP contribution is -2.60. The highest BCUT2D eigenvalue weighted by atomic mass is 19.1. The topological polar surface area (TPSA) is 15.3 Å². The summed E-state index contributed by atoms with van der Waals surface area (Å²) in [6, 6.07) is 6.14. The van der Waals surface area contributed by atoms with Crippen molar-refractivity contribution in [3.05, 3.63) is 35.1 Å². The monoisotopic (exact) mass is 292 g/mol. The number of nitrogens with one attached hydrogen (secondary N) is 1. The molecule has 1 saturated heterocycles. The summed E-state index contributed by atoms with van der Waals surface area (Å²) in [6.07, 6.45) is 1.13. The second-order valence-electron chi connectivity index (χ2n) is 7.40. The van der Waals surface area contributed by atoms with Gasteiger partial charge in [0.25, 0.3) is 0 Å². The number of hydrogen-bond acceptors (Lipinski definition) is 2. The van der Waals surface area contributed by atoms with Crippen molar-refractivity contribution in [3.63, 3.8) is 0 Å². The van der Waals surface area contributed by atoms with E-state index in [0.29, 0.717) is 12.1 Å². The first-order valence-corrected chi connectivity index (χ1v) is 8.03.